The van der Waals surface area contributed by atoms with Crippen molar-refractivity contribution in [2.75, 3.05) is 0 Å². The molecule has 68 valence electrons. The maximum absolute atomic E-state index is 9.76. The van der Waals surface area contributed by atoms with Crippen molar-refractivity contribution in [1.29, 1.82) is 0 Å². The summed E-state index contributed by atoms with van der Waals surface area (Å²) < 4.78 is 1.21. The predicted molar refractivity (Wildman–Crippen MR) is 57.7 cm³/mol. The fourth-order valence-electron chi connectivity index (χ4n) is 1.66. The molecule has 2 heteroatoms. The summed E-state index contributed by atoms with van der Waals surface area (Å²) in [5, 5.41) is 10.8. The SMILES string of the molecule is Cc1cc(C)c2sc(C)c(O)c2c1. The third-order valence-corrected chi connectivity index (χ3v) is 3.51. The van der Waals surface area contributed by atoms with E-state index in [2.05, 4.69) is 19.9 Å². The number of hydrogen-bond acceptors (Lipinski definition) is 2. The van der Waals surface area contributed by atoms with Crippen LogP contribution in [0.5, 0.6) is 5.75 Å². The van der Waals surface area contributed by atoms with E-state index in [0.29, 0.717) is 5.75 Å². The van der Waals surface area contributed by atoms with Gasteiger partial charge in [0.05, 0.1) is 0 Å². The van der Waals surface area contributed by atoms with E-state index in [1.54, 1.807) is 11.3 Å². The van der Waals surface area contributed by atoms with Crippen LogP contribution in [-0.2, 0) is 0 Å². The van der Waals surface area contributed by atoms with Crippen LogP contribution in [0.25, 0.3) is 10.1 Å². The molecule has 0 bridgehead atoms. The van der Waals surface area contributed by atoms with Crippen molar-refractivity contribution in [3.8, 4) is 5.75 Å². The predicted octanol–water partition coefficient (Wildman–Crippen LogP) is 3.53. The van der Waals surface area contributed by atoms with E-state index >= 15 is 0 Å². The maximum atomic E-state index is 9.76. The van der Waals surface area contributed by atoms with Crippen LogP contribution in [0.4, 0.5) is 0 Å². The standard InChI is InChI=1S/C11H12OS/c1-6-4-7(2)11-9(5-6)10(12)8(3)13-11/h4-5,12H,1-3H3. The normalized spacial score (nSPS) is 11.0. The molecule has 0 spiro atoms. The Morgan fingerprint density at radius 1 is 1.15 bits per heavy atom. The Kier molecular flexibility index (Phi) is 1.81. The molecule has 0 amide bonds. The topological polar surface area (TPSA) is 20.2 Å². The van der Waals surface area contributed by atoms with E-state index in [-0.39, 0.29) is 0 Å². The zero-order valence-electron chi connectivity index (χ0n) is 8.01. The van der Waals surface area contributed by atoms with E-state index in [1.807, 2.05) is 13.0 Å². The third kappa shape index (κ3) is 1.22. The second kappa shape index (κ2) is 2.74. The monoisotopic (exact) mass is 192 g/mol. The van der Waals surface area contributed by atoms with Gasteiger partial charge in [-0.05, 0) is 32.4 Å². The number of benzene rings is 1. The fraction of sp³-hybridized carbons (Fsp3) is 0.273. The molecule has 1 N–H and O–H groups in total. The molecule has 0 radical (unpaired) electrons. The van der Waals surface area contributed by atoms with Gasteiger partial charge in [-0.3, -0.25) is 0 Å². The van der Waals surface area contributed by atoms with Gasteiger partial charge in [-0.25, -0.2) is 0 Å². The average molecular weight is 192 g/mol. The molecule has 0 aliphatic heterocycles. The summed E-state index contributed by atoms with van der Waals surface area (Å²) in [7, 11) is 0. The molecular weight excluding hydrogens is 180 g/mol. The largest absolute Gasteiger partial charge is 0.506 e. The molecule has 0 aliphatic rings. The summed E-state index contributed by atoms with van der Waals surface area (Å²) in [6.45, 7) is 6.10. The lowest BCUT2D eigenvalue weighted by Crippen LogP contribution is -1.76. The molecule has 1 aromatic carbocycles. The van der Waals surface area contributed by atoms with Crippen LogP contribution in [0, 0.1) is 20.8 Å². The van der Waals surface area contributed by atoms with Gasteiger partial charge in [0.15, 0.2) is 0 Å². The molecule has 0 atom stereocenters. The lowest BCUT2D eigenvalue weighted by molar-refractivity contribution is 0.480. The quantitative estimate of drug-likeness (QED) is 0.677. The summed E-state index contributed by atoms with van der Waals surface area (Å²) in [6, 6.07) is 4.19. The molecule has 0 saturated carbocycles. The number of rotatable bonds is 0. The molecular formula is C11H12OS. The molecule has 0 unspecified atom stereocenters. The van der Waals surface area contributed by atoms with Crippen LogP contribution in [0.3, 0.4) is 0 Å². The number of hydrogen-bond donors (Lipinski definition) is 1. The van der Waals surface area contributed by atoms with Gasteiger partial charge < -0.3 is 5.11 Å². The van der Waals surface area contributed by atoms with Crippen LogP contribution < -0.4 is 0 Å². The van der Waals surface area contributed by atoms with E-state index in [0.717, 1.165) is 10.3 Å². The van der Waals surface area contributed by atoms with E-state index in [9.17, 15) is 5.11 Å². The lowest BCUT2D eigenvalue weighted by Gasteiger charge is -1.98. The van der Waals surface area contributed by atoms with E-state index in [4.69, 9.17) is 0 Å². The van der Waals surface area contributed by atoms with E-state index in [1.165, 1.54) is 15.8 Å². The molecule has 13 heavy (non-hydrogen) atoms. The van der Waals surface area contributed by atoms with Gasteiger partial charge in [-0.2, -0.15) is 0 Å². The maximum Gasteiger partial charge on any atom is 0.137 e. The van der Waals surface area contributed by atoms with Gasteiger partial charge in [-0.1, -0.05) is 11.6 Å². The second-order valence-electron chi connectivity index (χ2n) is 3.47. The van der Waals surface area contributed by atoms with Crippen LogP contribution in [0.1, 0.15) is 16.0 Å². The minimum absolute atomic E-state index is 0.451. The Hall–Kier alpha value is -1.02. The number of aryl methyl sites for hydroxylation is 3. The molecule has 2 rings (SSSR count). The molecule has 1 aromatic heterocycles. The Morgan fingerprint density at radius 3 is 2.54 bits per heavy atom. The van der Waals surface area contributed by atoms with Crippen molar-refractivity contribution in [1.82, 2.24) is 0 Å². The third-order valence-electron chi connectivity index (χ3n) is 2.26. The lowest BCUT2D eigenvalue weighted by atomic mass is 10.1. The van der Waals surface area contributed by atoms with Crippen molar-refractivity contribution >= 4 is 21.4 Å². The Morgan fingerprint density at radius 2 is 1.85 bits per heavy atom. The van der Waals surface area contributed by atoms with E-state index < -0.39 is 0 Å². The summed E-state index contributed by atoms with van der Waals surface area (Å²) in [5.74, 6) is 0.451. The Labute approximate surface area is 81.6 Å². The fourth-order valence-corrected chi connectivity index (χ4v) is 2.66. The first kappa shape index (κ1) is 8.57. The summed E-state index contributed by atoms with van der Waals surface area (Å²) >= 11 is 1.66. The molecule has 1 heterocycles. The number of thiophene rings is 1. The minimum Gasteiger partial charge on any atom is -0.506 e. The Bertz CT molecular complexity index is 468. The van der Waals surface area contributed by atoms with Crippen molar-refractivity contribution < 1.29 is 5.11 Å². The molecule has 0 aliphatic carbocycles. The highest BCUT2D eigenvalue weighted by Gasteiger charge is 2.09. The van der Waals surface area contributed by atoms with Crippen molar-refractivity contribution in [3.05, 3.63) is 28.1 Å². The molecule has 0 fully saturated rings. The summed E-state index contributed by atoms with van der Waals surface area (Å²) in [4.78, 5) is 1.00. The first-order chi connectivity index (χ1) is 6.09. The first-order valence-corrected chi connectivity index (χ1v) is 5.10. The zero-order chi connectivity index (χ0) is 9.59. The van der Waals surface area contributed by atoms with Crippen LogP contribution in [0.2, 0.25) is 0 Å². The molecule has 2 aromatic rings. The van der Waals surface area contributed by atoms with Crippen LogP contribution >= 0.6 is 11.3 Å². The Balaban J connectivity index is 2.94. The zero-order valence-corrected chi connectivity index (χ0v) is 8.83. The molecule has 1 nitrogen and oxygen atoms in total. The van der Waals surface area contributed by atoms with Crippen molar-refractivity contribution in [2.45, 2.75) is 20.8 Å². The number of fused-ring (bicyclic) bond motifs is 1. The highest BCUT2D eigenvalue weighted by atomic mass is 32.1. The van der Waals surface area contributed by atoms with Gasteiger partial charge in [0.25, 0.3) is 0 Å². The van der Waals surface area contributed by atoms with Crippen molar-refractivity contribution in [2.24, 2.45) is 0 Å². The van der Waals surface area contributed by atoms with Gasteiger partial charge >= 0.3 is 0 Å². The van der Waals surface area contributed by atoms with Crippen LogP contribution in [-0.4, -0.2) is 5.11 Å². The first-order valence-electron chi connectivity index (χ1n) is 4.29. The average Bonchev–Trinajstić information content (AvgIpc) is 2.32. The second-order valence-corrected chi connectivity index (χ2v) is 4.69. The van der Waals surface area contributed by atoms with Gasteiger partial charge in [0.1, 0.15) is 5.75 Å². The molecule has 0 saturated heterocycles. The summed E-state index contributed by atoms with van der Waals surface area (Å²) in [6.07, 6.45) is 0. The van der Waals surface area contributed by atoms with Gasteiger partial charge in [-0.15, -0.1) is 11.3 Å². The highest BCUT2D eigenvalue weighted by Crippen LogP contribution is 2.38. The highest BCUT2D eigenvalue weighted by molar-refractivity contribution is 7.19. The minimum atomic E-state index is 0.451. The van der Waals surface area contributed by atoms with Gasteiger partial charge in [0.2, 0.25) is 0 Å². The number of aromatic hydroxyl groups is 1. The van der Waals surface area contributed by atoms with Gasteiger partial charge in [0, 0.05) is 15.0 Å². The van der Waals surface area contributed by atoms with Crippen LogP contribution in [0.15, 0.2) is 12.1 Å². The summed E-state index contributed by atoms with van der Waals surface area (Å²) in [5.41, 5.74) is 2.46. The smallest absolute Gasteiger partial charge is 0.137 e. The van der Waals surface area contributed by atoms with Crippen molar-refractivity contribution in [3.63, 3.8) is 0 Å².